The van der Waals surface area contributed by atoms with Crippen molar-refractivity contribution < 1.29 is 14.0 Å². The van der Waals surface area contributed by atoms with Crippen LogP contribution in [0.1, 0.15) is 19.8 Å². The van der Waals surface area contributed by atoms with Crippen LogP contribution in [0, 0.1) is 11.7 Å². The zero-order chi connectivity index (χ0) is 17.8. The molecule has 0 atom stereocenters. The number of amides is 2. The van der Waals surface area contributed by atoms with Gasteiger partial charge in [-0.1, -0.05) is 0 Å². The van der Waals surface area contributed by atoms with Crippen LogP contribution in [0.2, 0.25) is 0 Å². The molecule has 0 aliphatic heterocycles. The third kappa shape index (κ3) is 5.07. The molecule has 2 amide bonds. The molecular formula is C17H19FN4O2S. The number of nitrogens with zero attached hydrogens (tertiary/aromatic N) is 1. The first-order valence-electron chi connectivity index (χ1n) is 8.05. The second-order valence-electron chi connectivity index (χ2n) is 6.04. The minimum atomic E-state index is -0.486. The summed E-state index contributed by atoms with van der Waals surface area (Å²) >= 11 is 1.24. The van der Waals surface area contributed by atoms with E-state index in [-0.39, 0.29) is 18.4 Å². The molecule has 132 valence electrons. The number of hydrogen-bond acceptors (Lipinski definition) is 5. The van der Waals surface area contributed by atoms with Crippen molar-refractivity contribution in [1.82, 2.24) is 10.3 Å². The van der Waals surface area contributed by atoms with Gasteiger partial charge in [-0.15, -0.1) is 11.3 Å². The van der Waals surface area contributed by atoms with E-state index in [4.69, 9.17) is 0 Å². The van der Waals surface area contributed by atoms with Gasteiger partial charge in [0.05, 0.1) is 12.2 Å². The van der Waals surface area contributed by atoms with Crippen LogP contribution in [0.15, 0.2) is 23.6 Å². The number of benzene rings is 1. The Balaban J connectivity index is 1.60. The maximum absolute atomic E-state index is 14.2. The summed E-state index contributed by atoms with van der Waals surface area (Å²) in [5.74, 6) is -0.202. The van der Waals surface area contributed by atoms with Crippen molar-refractivity contribution in [3.63, 3.8) is 0 Å². The van der Waals surface area contributed by atoms with Gasteiger partial charge >= 0.3 is 0 Å². The van der Waals surface area contributed by atoms with E-state index in [0.29, 0.717) is 28.0 Å². The van der Waals surface area contributed by atoms with Gasteiger partial charge in [0.25, 0.3) is 0 Å². The Morgan fingerprint density at radius 1 is 1.32 bits per heavy atom. The molecule has 1 aliphatic rings. The van der Waals surface area contributed by atoms with Crippen molar-refractivity contribution in [1.29, 1.82) is 0 Å². The van der Waals surface area contributed by atoms with Gasteiger partial charge in [-0.3, -0.25) is 9.59 Å². The number of aromatic nitrogens is 1. The van der Waals surface area contributed by atoms with Crippen molar-refractivity contribution in [2.75, 3.05) is 23.7 Å². The van der Waals surface area contributed by atoms with Crippen LogP contribution < -0.4 is 16.0 Å². The van der Waals surface area contributed by atoms with E-state index in [2.05, 4.69) is 20.9 Å². The fourth-order valence-electron chi connectivity index (χ4n) is 2.33. The Kier molecular flexibility index (Phi) is 5.40. The average Bonchev–Trinajstić information content (AvgIpc) is 3.25. The Bertz CT molecular complexity index is 789. The van der Waals surface area contributed by atoms with Gasteiger partial charge in [0.2, 0.25) is 11.8 Å². The quantitative estimate of drug-likeness (QED) is 0.707. The highest BCUT2D eigenvalue weighted by Gasteiger charge is 2.20. The second kappa shape index (κ2) is 7.71. The Hall–Kier alpha value is -2.32. The predicted octanol–water partition coefficient (Wildman–Crippen LogP) is 2.85. The van der Waals surface area contributed by atoms with Crippen molar-refractivity contribution in [2.24, 2.45) is 5.92 Å². The molecular weight excluding hydrogens is 343 g/mol. The third-order valence-electron chi connectivity index (χ3n) is 3.73. The number of thiazole rings is 1. The minimum absolute atomic E-state index is 0.164. The number of hydrogen-bond donors (Lipinski definition) is 3. The molecule has 2 aromatic rings. The molecule has 1 aromatic carbocycles. The van der Waals surface area contributed by atoms with Crippen molar-refractivity contribution in [3.8, 4) is 11.3 Å². The molecule has 3 N–H and O–H groups in total. The summed E-state index contributed by atoms with van der Waals surface area (Å²) in [7, 11) is 0. The molecule has 6 nitrogen and oxygen atoms in total. The number of nitrogens with one attached hydrogen (secondary N) is 3. The number of rotatable bonds is 7. The van der Waals surface area contributed by atoms with Crippen LogP contribution in [0.25, 0.3) is 11.3 Å². The topological polar surface area (TPSA) is 83.1 Å². The summed E-state index contributed by atoms with van der Waals surface area (Å²) in [6.45, 7) is 2.47. The lowest BCUT2D eigenvalue weighted by Crippen LogP contribution is -2.29. The van der Waals surface area contributed by atoms with Crippen molar-refractivity contribution in [3.05, 3.63) is 29.4 Å². The summed E-state index contributed by atoms with van der Waals surface area (Å²) in [5.41, 5.74) is 1.15. The van der Waals surface area contributed by atoms with Gasteiger partial charge in [-0.05, 0) is 43.5 Å². The maximum atomic E-state index is 14.2. The summed E-state index contributed by atoms with van der Waals surface area (Å²) in [4.78, 5) is 27.1. The summed E-state index contributed by atoms with van der Waals surface area (Å²) < 4.78 is 14.2. The highest BCUT2D eigenvalue weighted by molar-refractivity contribution is 7.14. The number of anilines is 2. The Morgan fingerprint density at radius 2 is 2.12 bits per heavy atom. The molecule has 0 saturated heterocycles. The molecule has 0 radical (unpaired) electrons. The zero-order valence-electron chi connectivity index (χ0n) is 13.8. The molecule has 1 heterocycles. The maximum Gasteiger partial charge on any atom is 0.240 e. The van der Waals surface area contributed by atoms with Crippen LogP contribution >= 0.6 is 11.3 Å². The van der Waals surface area contributed by atoms with Crippen LogP contribution in [0.3, 0.4) is 0 Å². The lowest BCUT2D eigenvalue weighted by molar-refractivity contribution is -0.115. The molecule has 1 fully saturated rings. The molecule has 1 saturated carbocycles. The van der Waals surface area contributed by atoms with Gasteiger partial charge in [0, 0.05) is 23.6 Å². The lowest BCUT2D eigenvalue weighted by Gasteiger charge is -2.05. The average molecular weight is 362 g/mol. The number of halogens is 1. The summed E-state index contributed by atoms with van der Waals surface area (Å²) in [6, 6.07) is 4.41. The summed E-state index contributed by atoms with van der Waals surface area (Å²) in [5, 5.41) is 10.5. The standard InChI is InChI=1S/C17H19FN4O2S/c1-10(23)20-12-4-5-13(14(18)6-12)15-9-25-17(21-15)22-16(24)8-19-7-11-2-3-11/h4-6,9,11,19H,2-3,7-8H2,1H3,(H,20,23)(H,21,22,24). The monoisotopic (exact) mass is 362 g/mol. The Labute approximate surface area is 148 Å². The van der Waals surface area contributed by atoms with Gasteiger partial charge in [0.1, 0.15) is 5.82 Å². The van der Waals surface area contributed by atoms with E-state index in [1.807, 2.05) is 0 Å². The molecule has 0 bridgehead atoms. The van der Waals surface area contributed by atoms with Crippen LogP contribution in [0.5, 0.6) is 0 Å². The van der Waals surface area contributed by atoms with Gasteiger partial charge in [-0.25, -0.2) is 9.37 Å². The fraction of sp³-hybridized carbons (Fsp3) is 0.353. The highest BCUT2D eigenvalue weighted by Crippen LogP contribution is 2.29. The van der Waals surface area contributed by atoms with Gasteiger partial charge in [0.15, 0.2) is 5.13 Å². The van der Waals surface area contributed by atoms with E-state index in [1.165, 1.54) is 37.2 Å². The normalized spacial score (nSPS) is 13.5. The third-order valence-corrected chi connectivity index (χ3v) is 4.49. The number of carbonyl (C=O) groups excluding carboxylic acids is 2. The van der Waals surface area contributed by atoms with E-state index in [1.54, 1.807) is 17.5 Å². The lowest BCUT2D eigenvalue weighted by atomic mass is 10.1. The molecule has 1 aliphatic carbocycles. The van der Waals surface area contributed by atoms with Gasteiger partial charge in [-0.2, -0.15) is 0 Å². The Morgan fingerprint density at radius 3 is 2.80 bits per heavy atom. The first-order chi connectivity index (χ1) is 12.0. The van der Waals surface area contributed by atoms with Crippen LogP contribution in [-0.2, 0) is 9.59 Å². The molecule has 0 spiro atoms. The molecule has 0 unspecified atom stereocenters. The smallest absolute Gasteiger partial charge is 0.240 e. The van der Waals surface area contributed by atoms with Crippen LogP contribution in [0.4, 0.5) is 15.2 Å². The van der Waals surface area contributed by atoms with Gasteiger partial charge < -0.3 is 16.0 Å². The summed E-state index contributed by atoms with van der Waals surface area (Å²) in [6.07, 6.45) is 2.47. The van der Waals surface area contributed by atoms with E-state index in [0.717, 1.165) is 6.54 Å². The predicted molar refractivity (Wildman–Crippen MR) is 96.0 cm³/mol. The molecule has 1 aromatic heterocycles. The number of carbonyl (C=O) groups is 2. The first kappa shape index (κ1) is 17.5. The van der Waals surface area contributed by atoms with E-state index < -0.39 is 5.82 Å². The minimum Gasteiger partial charge on any atom is -0.326 e. The van der Waals surface area contributed by atoms with E-state index in [9.17, 15) is 14.0 Å². The van der Waals surface area contributed by atoms with E-state index >= 15 is 0 Å². The molecule has 8 heteroatoms. The molecule has 3 rings (SSSR count). The SMILES string of the molecule is CC(=O)Nc1ccc(-c2csc(NC(=O)CNCC3CC3)n2)c(F)c1. The van der Waals surface area contributed by atoms with Crippen LogP contribution in [-0.4, -0.2) is 29.9 Å². The largest absolute Gasteiger partial charge is 0.326 e. The molecule has 25 heavy (non-hydrogen) atoms. The fourth-order valence-corrected chi connectivity index (χ4v) is 3.06. The highest BCUT2D eigenvalue weighted by atomic mass is 32.1. The van der Waals surface area contributed by atoms with Crippen molar-refractivity contribution >= 4 is 34.0 Å². The second-order valence-corrected chi connectivity index (χ2v) is 6.89. The first-order valence-corrected chi connectivity index (χ1v) is 8.93. The zero-order valence-corrected chi connectivity index (χ0v) is 14.6. The van der Waals surface area contributed by atoms with Crippen molar-refractivity contribution in [2.45, 2.75) is 19.8 Å².